The molecule has 1 amide bonds. The average Bonchev–Trinajstić information content (AvgIpc) is 2.80. The first-order valence-corrected chi connectivity index (χ1v) is 11.0. The van der Waals surface area contributed by atoms with Gasteiger partial charge in [0.25, 0.3) is 5.91 Å². The van der Waals surface area contributed by atoms with E-state index in [4.69, 9.17) is 14.2 Å². The Labute approximate surface area is 190 Å². The molecule has 0 bridgehead atoms. The molecule has 0 radical (unpaired) electrons. The van der Waals surface area contributed by atoms with Gasteiger partial charge in [-0.2, -0.15) is 0 Å². The van der Waals surface area contributed by atoms with Gasteiger partial charge in [-0.25, -0.2) is 0 Å². The molecule has 0 fully saturated rings. The second-order valence-corrected chi connectivity index (χ2v) is 7.62. The summed E-state index contributed by atoms with van der Waals surface area (Å²) in [6, 6.07) is 20.8. The van der Waals surface area contributed by atoms with Crippen LogP contribution in [0.3, 0.4) is 0 Å². The molecule has 0 aliphatic rings. The first kappa shape index (κ1) is 23.2. The first-order chi connectivity index (χ1) is 15.5. The van der Waals surface area contributed by atoms with Crippen LogP contribution < -0.4 is 19.5 Å². The van der Waals surface area contributed by atoms with Gasteiger partial charge in [-0.3, -0.25) is 4.79 Å². The molecule has 168 valence electrons. The smallest absolute Gasteiger partial charge is 0.255 e. The van der Waals surface area contributed by atoms with Crippen LogP contribution in [0.1, 0.15) is 55.1 Å². The van der Waals surface area contributed by atoms with Crippen molar-refractivity contribution in [2.45, 2.75) is 40.2 Å². The molecule has 5 nitrogen and oxygen atoms in total. The van der Waals surface area contributed by atoms with Crippen LogP contribution in [-0.4, -0.2) is 19.1 Å². The molecule has 0 aromatic heterocycles. The van der Waals surface area contributed by atoms with Crippen molar-refractivity contribution in [3.63, 3.8) is 0 Å². The van der Waals surface area contributed by atoms with Gasteiger partial charge < -0.3 is 19.5 Å². The molecule has 3 rings (SSSR count). The molecule has 3 aromatic carbocycles. The summed E-state index contributed by atoms with van der Waals surface area (Å²) in [5.74, 6) is 2.32. The highest BCUT2D eigenvalue weighted by Gasteiger charge is 2.14. The van der Waals surface area contributed by atoms with E-state index in [0.717, 1.165) is 16.9 Å². The van der Waals surface area contributed by atoms with Crippen LogP contribution in [-0.2, 0) is 6.61 Å². The molecule has 0 aliphatic heterocycles. The Morgan fingerprint density at radius 1 is 0.812 bits per heavy atom. The summed E-state index contributed by atoms with van der Waals surface area (Å²) >= 11 is 0. The normalized spacial score (nSPS) is 10.7. The molecule has 0 aliphatic carbocycles. The van der Waals surface area contributed by atoms with Gasteiger partial charge in [-0.05, 0) is 61.7 Å². The SMILES string of the molecule is CCOc1ccc(C(=O)Nc2ccccc2OCC)cc1COc1ccccc1C(C)C. The van der Waals surface area contributed by atoms with E-state index in [1.54, 1.807) is 6.07 Å². The Morgan fingerprint density at radius 2 is 1.47 bits per heavy atom. The van der Waals surface area contributed by atoms with Crippen molar-refractivity contribution in [1.82, 2.24) is 0 Å². The van der Waals surface area contributed by atoms with E-state index in [-0.39, 0.29) is 5.91 Å². The highest BCUT2D eigenvalue weighted by Crippen LogP contribution is 2.29. The van der Waals surface area contributed by atoms with Gasteiger partial charge >= 0.3 is 0 Å². The van der Waals surface area contributed by atoms with E-state index < -0.39 is 0 Å². The Bertz CT molecular complexity index is 1050. The first-order valence-electron chi connectivity index (χ1n) is 11.0. The summed E-state index contributed by atoms with van der Waals surface area (Å²) in [5, 5.41) is 2.94. The van der Waals surface area contributed by atoms with Gasteiger partial charge in [-0.15, -0.1) is 0 Å². The number of hydrogen-bond acceptors (Lipinski definition) is 4. The average molecular weight is 434 g/mol. The molecule has 0 saturated carbocycles. The largest absolute Gasteiger partial charge is 0.493 e. The molecule has 5 heteroatoms. The van der Waals surface area contributed by atoms with Crippen LogP contribution in [0.15, 0.2) is 66.7 Å². The van der Waals surface area contributed by atoms with Gasteiger partial charge in [0.1, 0.15) is 23.9 Å². The highest BCUT2D eigenvalue weighted by atomic mass is 16.5. The lowest BCUT2D eigenvalue weighted by molar-refractivity contribution is 0.102. The molecule has 0 atom stereocenters. The molecule has 3 aromatic rings. The fourth-order valence-corrected chi connectivity index (χ4v) is 3.42. The van der Waals surface area contributed by atoms with Gasteiger partial charge in [0, 0.05) is 11.1 Å². The minimum Gasteiger partial charge on any atom is -0.493 e. The summed E-state index contributed by atoms with van der Waals surface area (Å²) < 4.78 is 17.5. The zero-order chi connectivity index (χ0) is 22.9. The molecule has 0 unspecified atom stereocenters. The molecular formula is C27H31NO4. The second-order valence-electron chi connectivity index (χ2n) is 7.62. The van der Waals surface area contributed by atoms with Gasteiger partial charge in [0.05, 0.1) is 18.9 Å². The number of ether oxygens (including phenoxy) is 3. The van der Waals surface area contributed by atoms with Gasteiger partial charge in [0.15, 0.2) is 0 Å². The number of nitrogens with one attached hydrogen (secondary N) is 1. The molecule has 0 heterocycles. The number of benzene rings is 3. The molecule has 0 spiro atoms. The number of amides is 1. The zero-order valence-corrected chi connectivity index (χ0v) is 19.2. The number of hydrogen-bond donors (Lipinski definition) is 1. The lowest BCUT2D eigenvalue weighted by Crippen LogP contribution is -2.14. The zero-order valence-electron chi connectivity index (χ0n) is 19.2. The van der Waals surface area contributed by atoms with Crippen molar-refractivity contribution >= 4 is 11.6 Å². The Kier molecular flexibility index (Phi) is 8.14. The van der Waals surface area contributed by atoms with E-state index in [9.17, 15) is 4.79 Å². The van der Waals surface area contributed by atoms with E-state index in [1.807, 2.05) is 68.4 Å². The summed E-state index contributed by atoms with van der Waals surface area (Å²) in [6.07, 6.45) is 0. The monoisotopic (exact) mass is 433 g/mol. The third-order valence-electron chi connectivity index (χ3n) is 4.98. The molecule has 32 heavy (non-hydrogen) atoms. The lowest BCUT2D eigenvalue weighted by atomic mass is 10.0. The van der Waals surface area contributed by atoms with E-state index in [2.05, 4.69) is 25.2 Å². The summed E-state index contributed by atoms with van der Waals surface area (Å²) in [6.45, 7) is 9.48. The molecule has 1 N–H and O–H groups in total. The maximum absolute atomic E-state index is 13.0. The highest BCUT2D eigenvalue weighted by molar-refractivity contribution is 6.05. The second kappa shape index (κ2) is 11.2. The van der Waals surface area contributed by atoms with Crippen LogP contribution in [0.4, 0.5) is 5.69 Å². The summed E-state index contributed by atoms with van der Waals surface area (Å²) in [5.41, 5.74) is 3.12. The quantitative estimate of drug-likeness (QED) is 0.400. The molecule has 0 saturated heterocycles. The van der Waals surface area contributed by atoms with E-state index in [0.29, 0.717) is 48.5 Å². The third-order valence-corrected chi connectivity index (χ3v) is 4.98. The number of carbonyl (C=O) groups is 1. The van der Waals surface area contributed by atoms with E-state index >= 15 is 0 Å². The Morgan fingerprint density at radius 3 is 2.19 bits per heavy atom. The number of para-hydroxylation sites is 3. The minimum absolute atomic E-state index is 0.218. The van der Waals surface area contributed by atoms with Crippen molar-refractivity contribution in [3.05, 3.63) is 83.4 Å². The predicted octanol–water partition coefficient (Wildman–Crippen LogP) is 6.44. The molecular weight excluding hydrogens is 402 g/mol. The van der Waals surface area contributed by atoms with Crippen molar-refractivity contribution in [2.75, 3.05) is 18.5 Å². The van der Waals surface area contributed by atoms with Crippen molar-refractivity contribution < 1.29 is 19.0 Å². The maximum atomic E-state index is 13.0. The fraction of sp³-hybridized carbons (Fsp3) is 0.296. The van der Waals surface area contributed by atoms with Gasteiger partial charge in [0.2, 0.25) is 0 Å². The van der Waals surface area contributed by atoms with Crippen molar-refractivity contribution in [2.24, 2.45) is 0 Å². The minimum atomic E-state index is -0.218. The number of carbonyl (C=O) groups excluding carboxylic acids is 1. The third kappa shape index (κ3) is 5.82. The number of anilines is 1. The van der Waals surface area contributed by atoms with Crippen molar-refractivity contribution in [1.29, 1.82) is 0 Å². The standard InChI is InChI=1S/C27H31NO4/c1-5-30-24-16-15-20(27(29)28-23-12-8-10-14-26(23)31-6-2)17-21(24)18-32-25-13-9-7-11-22(25)19(3)4/h7-17,19H,5-6,18H2,1-4H3,(H,28,29). The van der Waals surface area contributed by atoms with E-state index in [1.165, 1.54) is 0 Å². The van der Waals surface area contributed by atoms with Crippen LogP contribution in [0.5, 0.6) is 17.2 Å². The predicted molar refractivity (Wildman–Crippen MR) is 128 cm³/mol. The number of rotatable bonds is 10. The summed E-state index contributed by atoms with van der Waals surface area (Å²) in [7, 11) is 0. The van der Waals surface area contributed by atoms with Crippen LogP contribution >= 0.6 is 0 Å². The topological polar surface area (TPSA) is 56.8 Å². The Balaban J connectivity index is 1.82. The fourth-order valence-electron chi connectivity index (χ4n) is 3.42. The van der Waals surface area contributed by atoms with Gasteiger partial charge in [-0.1, -0.05) is 44.2 Å². The lowest BCUT2D eigenvalue weighted by Gasteiger charge is -2.17. The van der Waals surface area contributed by atoms with Crippen LogP contribution in [0.2, 0.25) is 0 Å². The maximum Gasteiger partial charge on any atom is 0.255 e. The van der Waals surface area contributed by atoms with Crippen molar-refractivity contribution in [3.8, 4) is 17.2 Å². The van der Waals surface area contributed by atoms with Crippen LogP contribution in [0, 0.1) is 0 Å². The summed E-state index contributed by atoms with van der Waals surface area (Å²) in [4.78, 5) is 13.0. The Hall–Kier alpha value is -3.47. The van der Waals surface area contributed by atoms with Crippen LogP contribution in [0.25, 0.3) is 0 Å².